The van der Waals surface area contributed by atoms with Gasteiger partial charge in [0.05, 0.1) is 22.0 Å². The van der Waals surface area contributed by atoms with E-state index in [4.69, 9.17) is 21.1 Å². The van der Waals surface area contributed by atoms with Crippen molar-refractivity contribution in [2.75, 3.05) is 30.0 Å². The van der Waals surface area contributed by atoms with Crippen molar-refractivity contribution < 1.29 is 19.1 Å². The van der Waals surface area contributed by atoms with Gasteiger partial charge in [0.25, 0.3) is 5.91 Å². The molecule has 0 saturated heterocycles. The van der Waals surface area contributed by atoms with E-state index in [0.29, 0.717) is 39.5 Å². The third kappa shape index (κ3) is 3.48. The van der Waals surface area contributed by atoms with Crippen molar-refractivity contribution in [3.63, 3.8) is 0 Å². The molecule has 9 heteroatoms. The van der Waals surface area contributed by atoms with Crippen molar-refractivity contribution in [3.8, 4) is 11.5 Å². The van der Waals surface area contributed by atoms with E-state index >= 15 is 0 Å². The minimum atomic E-state index is -0.363. The molecule has 1 aliphatic rings. The molecule has 0 bridgehead atoms. The Morgan fingerprint density at radius 1 is 1.36 bits per heavy atom. The predicted octanol–water partition coefficient (Wildman–Crippen LogP) is 3.71. The molecule has 1 aromatic heterocycles. The molecule has 144 valence electrons. The molecule has 4 rings (SSSR count). The number of carbonyl (C=O) groups is 2. The van der Waals surface area contributed by atoms with E-state index < -0.39 is 0 Å². The summed E-state index contributed by atoms with van der Waals surface area (Å²) in [4.78, 5) is 30.6. The molecule has 2 amide bonds. The monoisotopic (exact) mass is 417 g/mol. The van der Waals surface area contributed by atoms with Gasteiger partial charge in [-0.2, -0.15) is 0 Å². The number of hydrogen-bond acceptors (Lipinski definition) is 6. The number of aromatic nitrogens is 1. The van der Waals surface area contributed by atoms with Crippen LogP contribution in [0.2, 0.25) is 5.02 Å². The Morgan fingerprint density at radius 2 is 2.18 bits per heavy atom. The topological polar surface area (TPSA) is 80.8 Å². The number of halogens is 1. The Kier molecular flexibility index (Phi) is 5.06. The number of fused-ring (bicyclic) bond motifs is 2. The Balaban J connectivity index is 1.54. The first-order valence-corrected chi connectivity index (χ1v) is 9.80. The number of para-hydroxylation sites is 2. The first-order valence-electron chi connectivity index (χ1n) is 8.60. The molecule has 0 saturated carbocycles. The van der Waals surface area contributed by atoms with Crippen LogP contribution in [-0.2, 0) is 9.59 Å². The molecule has 28 heavy (non-hydrogen) atoms. The van der Waals surface area contributed by atoms with Crippen LogP contribution in [0.25, 0.3) is 10.2 Å². The van der Waals surface area contributed by atoms with Crippen LogP contribution in [0.3, 0.4) is 0 Å². The highest BCUT2D eigenvalue weighted by molar-refractivity contribution is 7.22. The Bertz CT molecular complexity index is 1070. The highest BCUT2D eigenvalue weighted by atomic mass is 35.5. The molecular weight excluding hydrogens is 402 g/mol. The number of ether oxygens (including phenoxy) is 2. The van der Waals surface area contributed by atoms with Crippen LogP contribution >= 0.6 is 22.9 Å². The zero-order valence-electron chi connectivity index (χ0n) is 14.9. The lowest BCUT2D eigenvalue weighted by Crippen LogP contribution is -2.43. The first-order chi connectivity index (χ1) is 13.6. The lowest BCUT2D eigenvalue weighted by molar-refractivity contribution is -0.123. The SMILES string of the molecule is CCOc1cccc2sc(NC(=O)CN3C(=O)COc4c(Cl)cccc43)nc12. The predicted molar refractivity (Wildman–Crippen MR) is 109 cm³/mol. The van der Waals surface area contributed by atoms with Crippen LogP contribution in [0, 0.1) is 0 Å². The van der Waals surface area contributed by atoms with Crippen LogP contribution in [-0.4, -0.2) is 36.6 Å². The summed E-state index contributed by atoms with van der Waals surface area (Å²) in [6, 6.07) is 10.7. The smallest absolute Gasteiger partial charge is 0.265 e. The number of anilines is 2. The number of hydrogen-bond donors (Lipinski definition) is 1. The van der Waals surface area contributed by atoms with Gasteiger partial charge in [0, 0.05) is 0 Å². The standard InChI is InChI=1S/C19H16ClN3O4S/c1-2-26-13-7-4-8-14-17(13)22-19(28-14)21-15(24)9-23-12-6-3-5-11(20)18(12)27-10-16(23)25/h3-8H,2,9-10H2,1H3,(H,21,22,24). The number of amides is 2. The summed E-state index contributed by atoms with van der Waals surface area (Å²) in [5.74, 6) is 0.396. The van der Waals surface area contributed by atoms with E-state index in [1.165, 1.54) is 16.2 Å². The molecule has 0 spiro atoms. The molecule has 0 atom stereocenters. The number of rotatable bonds is 5. The van der Waals surface area contributed by atoms with Crippen molar-refractivity contribution in [3.05, 3.63) is 41.4 Å². The van der Waals surface area contributed by atoms with Crippen molar-refractivity contribution in [1.29, 1.82) is 0 Å². The lowest BCUT2D eigenvalue weighted by Gasteiger charge is -2.29. The van der Waals surface area contributed by atoms with Crippen LogP contribution in [0.1, 0.15) is 6.92 Å². The molecule has 0 fully saturated rings. The first kappa shape index (κ1) is 18.5. The van der Waals surface area contributed by atoms with Crippen LogP contribution in [0.15, 0.2) is 36.4 Å². The molecule has 2 heterocycles. The van der Waals surface area contributed by atoms with Gasteiger partial charge in [0.15, 0.2) is 17.5 Å². The maximum Gasteiger partial charge on any atom is 0.265 e. The number of benzene rings is 2. The summed E-state index contributed by atoms with van der Waals surface area (Å²) < 4.78 is 11.9. The van der Waals surface area contributed by atoms with Crippen molar-refractivity contribution in [2.45, 2.75) is 6.92 Å². The van der Waals surface area contributed by atoms with Crippen molar-refractivity contribution in [1.82, 2.24) is 4.98 Å². The summed E-state index contributed by atoms with van der Waals surface area (Å²) in [5.41, 5.74) is 1.17. The third-order valence-electron chi connectivity index (χ3n) is 4.11. The maximum absolute atomic E-state index is 12.6. The third-order valence-corrected chi connectivity index (χ3v) is 5.34. The minimum Gasteiger partial charge on any atom is -0.492 e. The summed E-state index contributed by atoms with van der Waals surface area (Å²) in [6.45, 7) is 2.10. The molecule has 1 N–H and O–H groups in total. The highest BCUT2D eigenvalue weighted by Crippen LogP contribution is 2.38. The largest absolute Gasteiger partial charge is 0.492 e. The molecular formula is C19H16ClN3O4S. The minimum absolute atomic E-state index is 0.163. The van der Waals surface area contributed by atoms with E-state index in [1.54, 1.807) is 18.2 Å². The highest BCUT2D eigenvalue weighted by Gasteiger charge is 2.29. The van der Waals surface area contributed by atoms with Gasteiger partial charge in [-0.05, 0) is 31.2 Å². The van der Waals surface area contributed by atoms with Crippen LogP contribution < -0.4 is 19.7 Å². The summed E-state index contributed by atoms with van der Waals surface area (Å²) in [7, 11) is 0. The van der Waals surface area contributed by atoms with E-state index in [1.807, 2.05) is 25.1 Å². The van der Waals surface area contributed by atoms with E-state index in [9.17, 15) is 9.59 Å². The lowest BCUT2D eigenvalue weighted by atomic mass is 10.2. The van der Waals surface area contributed by atoms with Gasteiger partial charge in [-0.3, -0.25) is 14.5 Å². The van der Waals surface area contributed by atoms with E-state index in [2.05, 4.69) is 10.3 Å². The molecule has 7 nitrogen and oxygen atoms in total. The van der Waals surface area contributed by atoms with Gasteiger partial charge < -0.3 is 14.8 Å². The molecule has 0 aliphatic carbocycles. The van der Waals surface area contributed by atoms with E-state index in [-0.39, 0.29) is 25.0 Å². The van der Waals surface area contributed by atoms with Crippen molar-refractivity contribution >= 4 is 55.8 Å². The van der Waals surface area contributed by atoms with Crippen LogP contribution in [0.5, 0.6) is 11.5 Å². The normalized spacial score (nSPS) is 13.2. The van der Waals surface area contributed by atoms with Crippen LogP contribution in [0.4, 0.5) is 10.8 Å². The number of carbonyl (C=O) groups excluding carboxylic acids is 2. The van der Waals surface area contributed by atoms with Gasteiger partial charge in [0.2, 0.25) is 5.91 Å². The zero-order valence-corrected chi connectivity index (χ0v) is 16.5. The summed E-state index contributed by atoms with van der Waals surface area (Å²) in [5, 5.41) is 3.60. The zero-order chi connectivity index (χ0) is 19.7. The second kappa shape index (κ2) is 7.65. The number of nitrogens with one attached hydrogen (secondary N) is 1. The molecule has 0 radical (unpaired) electrons. The van der Waals surface area contributed by atoms with Crippen molar-refractivity contribution in [2.24, 2.45) is 0 Å². The Hall–Kier alpha value is -2.84. The molecule has 3 aromatic rings. The quantitative estimate of drug-likeness (QED) is 0.684. The maximum atomic E-state index is 12.6. The average molecular weight is 418 g/mol. The Labute approximate surface area is 169 Å². The molecule has 1 aliphatic heterocycles. The summed E-state index contributed by atoms with van der Waals surface area (Å²) >= 11 is 7.47. The second-order valence-corrected chi connectivity index (χ2v) is 7.40. The van der Waals surface area contributed by atoms with Gasteiger partial charge in [-0.15, -0.1) is 0 Å². The van der Waals surface area contributed by atoms with Gasteiger partial charge in [0.1, 0.15) is 17.8 Å². The summed E-state index contributed by atoms with van der Waals surface area (Å²) in [6.07, 6.45) is 0. The van der Waals surface area contributed by atoms with Gasteiger partial charge >= 0.3 is 0 Å². The van der Waals surface area contributed by atoms with Gasteiger partial charge in [-0.1, -0.05) is 35.1 Å². The average Bonchev–Trinajstić information content (AvgIpc) is 3.08. The fraction of sp³-hybridized carbons (Fsp3) is 0.211. The number of nitrogens with zero attached hydrogens (tertiary/aromatic N) is 2. The molecule has 2 aromatic carbocycles. The fourth-order valence-electron chi connectivity index (χ4n) is 2.92. The van der Waals surface area contributed by atoms with E-state index in [0.717, 1.165) is 4.70 Å². The number of thiazole rings is 1. The molecule has 0 unspecified atom stereocenters. The Morgan fingerprint density at radius 3 is 3.00 bits per heavy atom. The van der Waals surface area contributed by atoms with Gasteiger partial charge in [-0.25, -0.2) is 4.98 Å². The fourth-order valence-corrected chi connectivity index (χ4v) is 4.05. The second-order valence-electron chi connectivity index (χ2n) is 5.96.